The maximum absolute atomic E-state index is 12.3. The van der Waals surface area contributed by atoms with E-state index in [0.29, 0.717) is 28.3 Å². The van der Waals surface area contributed by atoms with Crippen LogP contribution in [0.3, 0.4) is 0 Å². The molecule has 142 valence electrons. The molecule has 8 heteroatoms. The molecule has 0 aromatic heterocycles. The standard InChI is InChI=1S/C20H17N3O5/c1-11-18(25)22-15-10-12(6-7-16(15)28-11)21-17(24)8-9-23-19(26)13-4-2-3-5-14(13)20(23)27/h2-7,10-11H,8-9H2,1H3,(H,21,24)(H,22,25)/t11-/m0/s1. The van der Waals surface area contributed by atoms with Crippen molar-refractivity contribution >= 4 is 35.0 Å². The molecule has 2 heterocycles. The van der Waals surface area contributed by atoms with Gasteiger partial charge in [-0.2, -0.15) is 0 Å². The van der Waals surface area contributed by atoms with Crippen LogP contribution in [0.5, 0.6) is 5.75 Å². The van der Waals surface area contributed by atoms with Crippen LogP contribution in [0, 0.1) is 0 Å². The van der Waals surface area contributed by atoms with Gasteiger partial charge in [0.1, 0.15) is 5.75 Å². The number of imide groups is 1. The summed E-state index contributed by atoms with van der Waals surface area (Å²) in [6, 6.07) is 11.5. The molecule has 0 spiro atoms. The molecule has 0 unspecified atom stereocenters. The predicted molar refractivity (Wildman–Crippen MR) is 100 cm³/mol. The number of amides is 4. The highest BCUT2D eigenvalue weighted by molar-refractivity contribution is 6.21. The molecule has 2 aliphatic rings. The van der Waals surface area contributed by atoms with Crippen LogP contribution in [-0.2, 0) is 9.59 Å². The fourth-order valence-corrected chi connectivity index (χ4v) is 3.17. The lowest BCUT2D eigenvalue weighted by molar-refractivity contribution is -0.122. The van der Waals surface area contributed by atoms with E-state index in [1.165, 1.54) is 0 Å². The van der Waals surface area contributed by atoms with Crippen LogP contribution in [-0.4, -0.2) is 41.2 Å². The van der Waals surface area contributed by atoms with E-state index in [0.717, 1.165) is 4.90 Å². The number of ether oxygens (including phenoxy) is 1. The Balaban J connectivity index is 1.38. The first kappa shape index (κ1) is 17.7. The second-order valence-electron chi connectivity index (χ2n) is 6.57. The van der Waals surface area contributed by atoms with Gasteiger partial charge in [-0.3, -0.25) is 24.1 Å². The van der Waals surface area contributed by atoms with Crippen LogP contribution in [0.15, 0.2) is 42.5 Å². The number of nitrogens with zero attached hydrogens (tertiary/aromatic N) is 1. The third-order valence-electron chi connectivity index (χ3n) is 4.63. The van der Waals surface area contributed by atoms with Crippen molar-refractivity contribution < 1.29 is 23.9 Å². The van der Waals surface area contributed by atoms with Crippen molar-refractivity contribution in [2.24, 2.45) is 0 Å². The molecule has 8 nitrogen and oxygen atoms in total. The Kier molecular flexibility index (Phi) is 4.31. The van der Waals surface area contributed by atoms with E-state index in [2.05, 4.69) is 10.6 Å². The van der Waals surface area contributed by atoms with Gasteiger partial charge in [0.25, 0.3) is 17.7 Å². The number of hydrogen-bond acceptors (Lipinski definition) is 5. The smallest absolute Gasteiger partial charge is 0.265 e. The first-order valence-corrected chi connectivity index (χ1v) is 8.80. The second-order valence-corrected chi connectivity index (χ2v) is 6.57. The highest BCUT2D eigenvalue weighted by atomic mass is 16.5. The highest BCUT2D eigenvalue weighted by Gasteiger charge is 2.35. The molecule has 0 aliphatic carbocycles. The average molecular weight is 379 g/mol. The zero-order valence-corrected chi connectivity index (χ0v) is 15.0. The zero-order valence-electron chi connectivity index (χ0n) is 15.0. The van der Waals surface area contributed by atoms with E-state index in [9.17, 15) is 19.2 Å². The van der Waals surface area contributed by atoms with Gasteiger partial charge < -0.3 is 15.4 Å². The van der Waals surface area contributed by atoms with Crippen molar-refractivity contribution in [3.05, 3.63) is 53.6 Å². The largest absolute Gasteiger partial charge is 0.479 e. The van der Waals surface area contributed by atoms with Gasteiger partial charge in [0.05, 0.1) is 16.8 Å². The maximum atomic E-state index is 12.3. The van der Waals surface area contributed by atoms with E-state index in [-0.39, 0.29) is 24.8 Å². The summed E-state index contributed by atoms with van der Waals surface area (Å²) in [5.41, 5.74) is 1.66. The Bertz CT molecular complexity index is 982. The van der Waals surface area contributed by atoms with Crippen LogP contribution in [0.4, 0.5) is 11.4 Å². The van der Waals surface area contributed by atoms with Crippen molar-refractivity contribution in [3.63, 3.8) is 0 Å². The van der Waals surface area contributed by atoms with Crippen LogP contribution in [0.2, 0.25) is 0 Å². The molecule has 0 bridgehead atoms. The summed E-state index contributed by atoms with van der Waals surface area (Å²) in [6.45, 7) is 1.63. The molecule has 0 saturated heterocycles. The number of nitrogens with one attached hydrogen (secondary N) is 2. The van der Waals surface area contributed by atoms with Gasteiger partial charge in [-0.05, 0) is 37.3 Å². The molecule has 2 aliphatic heterocycles. The second kappa shape index (κ2) is 6.80. The molecule has 4 amide bonds. The Morgan fingerprint density at radius 3 is 2.46 bits per heavy atom. The minimum absolute atomic E-state index is 0.0134. The summed E-state index contributed by atoms with van der Waals surface area (Å²) in [5, 5.41) is 5.41. The number of carbonyl (C=O) groups is 4. The average Bonchev–Trinajstić information content (AvgIpc) is 2.92. The molecule has 0 fully saturated rings. The molecular weight excluding hydrogens is 362 g/mol. The number of carbonyl (C=O) groups excluding carboxylic acids is 4. The Morgan fingerprint density at radius 2 is 1.79 bits per heavy atom. The molecule has 4 rings (SSSR count). The molecule has 2 aromatic rings. The van der Waals surface area contributed by atoms with Gasteiger partial charge >= 0.3 is 0 Å². The van der Waals surface area contributed by atoms with Gasteiger partial charge in [-0.15, -0.1) is 0 Å². The molecule has 2 aromatic carbocycles. The zero-order chi connectivity index (χ0) is 19.8. The summed E-state index contributed by atoms with van der Waals surface area (Å²) in [4.78, 5) is 49.7. The lowest BCUT2D eigenvalue weighted by Crippen LogP contribution is -2.34. The van der Waals surface area contributed by atoms with Gasteiger partial charge in [0, 0.05) is 18.7 Å². The molecule has 28 heavy (non-hydrogen) atoms. The number of rotatable bonds is 4. The Morgan fingerprint density at radius 1 is 1.11 bits per heavy atom. The van der Waals surface area contributed by atoms with Crippen molar-refractivity contribution in [2.45, 2.75) is 19.4 Å². The van der Waals surface area contributed by atoms with Crippen molar-refractivity contribution in [3.8, 4) is 5.75 Å². The van der Waals surface area contributed by atoms with Gasteiger partial charge in [-0.1, -0.05) is 12.1 Å². The van der Waals surface area contributed by atoms with E-state index < -0.39 is 17.9 Å². The third-order valence-corrected chi connectivity index (χ3v) is 4.63. The quantitative estimate of drug-likeness (QED) is 0.791. The molecule has 1 atom stereocenters. The first-order chi connectivity index (χ1) is 13.4. The number of hydrogen-bond donors (Lipinski definition) is 2. The number of benzene rings is 2. The van der Waals surface area contributed by atoms with Gasteiger partial charge in [0.2, 0.25) is 5.91 Å². The van der Waals surface area contributed by atoms with Crippen LogP contribution in [0.1, 0.15) is 34.1 Å². The predicted octanol–water partition coefficient (Wildman–Crippen LogP) is 2.03. The van der Waals surface area contributed by atoms with Crippen molar-refractivity contribution in [1.82, 2.24) is 4.90 Å². The Hall–Kier alpha value is -3.68. The first-order valence-electron chi connectivity index (χ1n) is 8.80. The van der Waals surface area contributed by atoms with Crippen molar-refractivity contribution in [2.75, 3.05) is 17.2 Å². The highest BCUT2D eigenvalue weighted by Crippen LogP contribution is 2.32. The van der Waals surface area contributed by atoms with Crippen LogP contribution < -0.4 is 15.4 Å². The van der Waals surface area contributed by atoms with Gasteiger partial charge in [-0.25, -0.2) is 0 Å². The van der Waals surface area contributed by atoms with Gasteiger partial charge in [0.15, 0.2) is 6.10 Å². The molecule has 0 saturated carbocycles. The Labute approximate surface area is 160 Å². The summed E-state index contributed by atoms with van der Waals surface area (Å²) in [6.07, 6.45) is -0.616. The topological polar surface area (TPSA) is 105 Å². The summed E-state index contributed by atoms with van der Waals surface area (Å²) < 4.78 is 5.47. The van der Waals surface area contributed by atoms with E-state index in [1.807, 2.05) is 0 Å². The maximum Gasteiger partial charge on any atom is 0.265 e. The summed E-state index contributed by atoms with van der Waals surface area (Å²) in [5.74, 6) is -0.877. The summed E-state index contributed by atoms with van der Waals surface area (Å²) in [7, 11) is 0. The van der Waals surface area contributed by atoms with E-state index in [4.69, 9.17) is 4.74 Å². The fourth-order valence-electron chi connectivity index (χ4n) is 3.17. The molecule has 0 radical (unpaired) electrons. The molecular formula is C20H17N3O5. The minimum Gasteiger partial charge on any atom is -0.479 e. The number of anilines is 2. The van der Waals surface area contributed by atoms with E-state index >= 15 is 0 Å². The fraction of sp³-hybridized carbons (Fsp3) is 0.200. The number of fused-ring (bicyclic) bond motifs is 2. The summed E-state index contributed by atoms with van der Waals surface area (Å²) >= 11 is 0. The monoisotopic (exact) mass is 379 g/mol. The van der Waals surface area contributed by atoms with Crippen molar-refractivity contribution in [1.29, 1.82) is 0 Å². The lowest BCUT2D eigenvalue weighted by Gasteiger charge is -2.23. The minimum atomic E-state index is -0.576. The van der Waals surface area contributed by atoms with E-state index in [1.54, 1.807) is 49.4 Å². The lowest BCUT2D eigenvalue weighted by atomic mass is 10.1. The SMILES string of the molecule is C[C@@H]1Oc2ccc(NC(=O)CCN3C(=O)c4ccccc4C3=O)cc2NC1=O. The van der Waals surface area contributed by atoms with Crippen LogP contribution >= 0.6 is 0 Å². The third kappa shape index (κ3) is 3.09. The molecule has 2 N–H and O–H groups in total. The van der Waals surface area contributed by atoms with Crippen LogP contribution in [0.25, 0.3) is 0 Å². The normalized spacial score (nSPS) is 17.5.